The first-order valence-corrected chi connectivity index (χ1v) is 5.95. The maximum Gasteiger partial charge on any atom is 0.153 e. The van der Waals surface area contributed by atoms with Crippen molar-refractivity contribution in [2.24, 2.45) is 0 Å². The van der Waals surface area contributed by atoms with Gasteiger partial charge < -0.3 is 4.74 Å². The fourth-order valence-corrected chi connectivity index (χ4v) is 1.86. The topological polar surface area (TPSA) is 44.1 Å². The van der Waals surface area contributed by atoms with Gasteiger partial charge in [0.1, 0.15) is 11.4 Å². The Morgan fingerprint density at radius 2 is 2.28 bits per heavy atom. The first-order chi connectivity index (χ1) is 8.78. The predicted octanol–water partition coefficient (Wildman–Crippen LogP) is 2.78. The molecule has 0 radical (unpaired) electrons. The Kier molecular flexibility index (Phi) is 3.77. The number of methoxy groups -OCH3 is 1. The zero-order valence-electron chi connectivity index (χ0n) is 10.6. The highest BCUT2D eigenvalue weighted by Crippen LogP contribution is 2.24. The fraction of sp³-hybridized carbons (Fsp3) is 0.286. The number of aldehydes is 1. The maximum atomic E-state index is 11.1. The minimum Gasteiger partial charge on any atom is -0.497 e. The van der Waals surface area contributed by atoms with Crippen molar-refractivity contribution in [3.8, 4) is 17.0 Å². The summed E-state index contributed by atoms with van der Waals surface area (Å²) in [4.78, 5) is 11.1. The van der Waals surface area contributed by atoms with Crippen LogP contribution >= 0.6 is 0 Å². The van der Waals surface area contributed by atoms with Gasteiger partial charge in [-0.05, 0) is 18.6 Å². The van der Waals surface area contributed by atoms with Crippen LogP contribution in [0.1, 0.15) is 23.7 Å². The number of aromatic nitrogens is 2. The molecule has 0 saturated heterocycles. The molecule has 0 N–H and O–H groups in total. The quantitative estimate of drug-likeness (QED) is 0.760. The van der Waals surface area contributed by atoms with Crippen LogP contribution in [0.2, 0.25) is 0 Å². The van der Waals surface area contributed by atoms with Crippen molar-refractivity contribution in [2.75, 3.05) is 7.11 Å². The van der Waals surface area contributed by atoms with Gasteiger partial charge in [0.2, 0.25) is 0 Å². The standard InChI is InChI=1S/C14H16N2O2/c1-3-7-16-9-12(10-17)14(15-16)11-5-4-6-13(8-11)18-2/h4-6,8-10H,3,7H2,1-2H3. The summed E-state index contributed by atoms with van der Waals surface area (Å²) in [6.07, 6.45) is 3.61. The van der Waals surface area contributed by atoms with Crippen molar-refractivity contribution in [3.05, 3.63) is 36.0 Å². The Bertz CT molecular complexity index is 546. The Hall–Kier alpha value is -2.10. The van der Waals surface area contributed by atoms with E-state index in [1.807, 2.05) is 24.3 Å². The van der Waals surface area contributed by atoms with Crippen molar-refractivity contribution in [2.45, 2.75) is 19.9 Å². The van der Waals surface area contributed by atoms with Crippen LogP contribution in [0.3, 0.4) is 0 Å². The smallest absolute Gasteiger partial charge is 0.153 e. The monoisotopic (exact) mass is 244 g/mol. The van der Waals surface area contributed by atoms with Crippen LogP contribution in [0, 0.1) is 0 Å². The summed E-state index contributed by atoms with van der Waals surface area (Å²) < 4.78 is 6.99. The molecular weight excluding hydrogens is 228 g/mol. The maximum absolute atomic E-state index is 11.1. The van der Waals surface area contributed by atoms with Crippen LogP contribution in [0.4, 0.5) is 0 Å². The second-order valence-corrected chi connectivity index (χ2v) is 4.05. The number of benzene rings is 1. The molecule has 0 spiro atoms. The first kappa shape index (κ1) is 12.4. The van der Waals surface area contributed by atoms with Gasteiger partial charge in [-0.25, -0.2) is 0 Å². The Balaban J connectivity index is 2.44. The summed E-state index contributed by atoms with van der Waals surface area (Å²) >= 11 is 0. The molecular formula is C14H16N2O2. The minimum absolute atomic E-state index is 0.608. The zero-order chi connectivity index (χ0) is 13.0. The van der Waals surface area contributed by atoms with Gasteiger partial charge in [0.15, 0.2) is 6.29 Å². The first-order valence-electron chi connectivity index (χ1n) is 5.95. The minimum atomic E-state index is 0.608. The lowest BCUT2D eigenvalue weighted by molar-refractivity contribution is 0.112. The van der Waals surface area contributed by atoms with E-state index in [1.165, 1.54) is 0 Å². The molecule has 0 amide bonds. The highest BCUT2D eigenvalue weighted by molar-refractivity contribution is 5.85. The molecule has 0 aliphatic heterocycles. The average Bonchev–Trinajstić information content (AvgIpc) is 2.82. The Labute approximate surface area is 106 Å². The van der Waals surface area contributed by atoms with Crippen LogP contribution in [-0.2, 0) is 6.54 Å². The number of carbonyl (C=O) groups excluding carboxylic acids is 1. The number of rotatable bonds is 5. The van der Waals surface area contributed by atoms with E-state index in [2.05, 4.69) is 12.0 Å². The van der Waals surface area contributed by atoms with Gasteiger partial charge in [-0.15, -0.1) is 0 Å². The van der Waals surface area contributed by atoms with Crippen LogP contribution < -0.4 is 4.74 Å². The second kappa shape index (κ2) is 5.49. The molecule has 0 aliphatic carbocycles. The number of nitrogens with zero attached hydrogens (tertiary/aromatic N) is 2. The molecule has 0 atom stereocenters. The predicted molar refractivity (Wildman–Crippen MR) is 69.9 cm³/mol. The summed E-state index contributed by atoms with van der Waals surface area (Å²) in [6, 6.07) is 7.56. The fourth-order valence-electron chi connectivity index (χ4n) is 1.86. The van der Waals surface area contributed by atoms with E-state index in [4.69, 9.17) is 4.74 Å². The number of carbonyl (C=O) groups is 1. The molecule has 0 fully saturated rings. The largest absolute Gasteiger partial charge is 0.497 e. The lowest BCUT2D eigenvalue weighted by Gasteiger charge is -2.02. The second-order valence-electron chi connectivity index (χ2n) is 4.05. The summed E-state index contributed by atoms with van der Waals surface area (Å²) in [5.74, 6) is 0.759. The summed E-state index contributed by atoms with van der Waals surface area (Å²) in [6.45, 7) is 2.89. The van der Waals surface area contributed by atoms with Crippen molar-refractivity contribution < 1.29 is 9.53 Å². The van der Waals surface area contributed by atoms with E-state index in [0.717, 1.165) is 30.6 Å². The van der Waals surface area contributed by atoms with E-state index in [-0.39, 0.29) is 0 Å². The van der Waals surface area contributed by atoms with Crippen molar-refractivity contribution in [1.82, 2.24) is 9.78 Å². The molecule has 0 saturated carbocycles. The van der Waals surface area contributed by atoms with Gasteiger partial charge in [0.25, 0.3) is 0 Å². The van der Waals surface area contributed by atoms with Crippen molar-refractivity contribution in [1.29, 1.82) is 0 Å². The van der Waals surface area contributed by atoms with E-state index in [1.54, 1.807) is 18.0 Å². The van der Waals surface area contributed by atoms with E-state index >= 15 is 0 Å². The molecule has 0 bridgehead atoms. The summed E-state index contributed by atoms with van der Waals surface area (Å²) in [5.41, 5.74) is 2.21. The van der Waals surface area contributed by atoms with Gasteiger partial charge in [-0.1, -0.05) is 19.1 Å². The molecule has 2 aromatic rings. The number of hydrogen-bond acceptors (Lipinski definition) is 3. The number of aryl methyl sites for hydroxylation is 1. The van der Waals surface area contributed by atoms with Crippen molar-refractivity contribution >= 4 is 6.29 Å². The average molecular weight is 244 g/mol. The number of ether oxygens (including phenoxy) is 1. The molecule has 0 unspecified atom stereocenters. The zero-order valence-corrected chi connectivity index (χ0v) is 10.6. The van der Waals surface area contributed by atoms with Gasteiger partial charge in [-0.3, -0.25) is 9.48 Å². The van der Waals surface area contributed by atoms with E-state index in [9.17, 15) is 4.79 Å². The van der Waals surface area contributed by atoms with E-state index in [0.29, 0.717) is 11.3 Å². The molecule has 18 heavy (non-hydrogen) atoms. The van der Waals surface area contributed by atoms with Crippen LogP contribution in [0.5, 0.6) is 5.75 Å². The van der Waals surface area contributed by atoms with Crippen LogP contribution in [0.15, 0.2) is 30.5 Å². The highest BCUT2D eigenvalue weighted by atomic mass is 16.5. The SMILES string of the molecule is CCCn1cc(C=O)c(-c2cccc(OC)c2)n1. The molecule has 0 aliphatic rings. The molecule has 4 nitrogen and oxygen atoms in total. The van der Waals surface area contributed by atoms with Gasteiger partial charge >= 0.3 is 0 Å². The number of hydrogen-bond donors (Lipinski definition) is 0. The third-order valence-electron chi connectivity index (χ3n) is 2.71. The Morgan fingerprint density at radius 3 is 2.94 bits per heavy atom. The summed E-state index contributed by atoms with van der Waals surface area (Å²) in [5, 5.41) is 4.45. The van der Waals surface area contributed by atoms with Gasteiger partial charge in [-0.2, -0.15) is 5.10 Å². The molecule has 94 valence electrons. The van der Waals surface area contributed by atoms with Gasteiger partial charge in [0, 0.05) is 18.3 Å². The van der Waals surface area contributed by atoms with Crippen LogP contribution in [0.25, 0.3) is 11.3 Å². The molecule has 1 aromatic heterocycles. The molecule has 2 rings (SSSR count). The summed E-state index contributed by atoms with van der Waals surface area (Å²) in [7, 11) is 1.62. The third kappa shape index (κ3) is 2.42. The lowest BCUT2D eigenvalue weighted by atomic mass is 10.1. The lowest BCUT2D eigenvalue weighted by Crippen LogP contribution is -1.96. The van der Waals surface area contributed by atoms with Crippen LogP contribution in [-0.4, -0.2) is 23.2 Å². The molecule has 1 heterocycles. The van der Waals surface area contributed by atoms with E-state index < -0.39 is 0 Å². The van der Waals surface area contributed by atoms with Gasteiger partial charge in [0.05, 0.1) is 12.7 Å². The molecule has 1 aromatic carbocycles. The Morgan fingerprint density at radius 1 is 1.44 bits per heavy atom. The van der Waals surface area contributed by atoms with Crippen molar-refractivity contribution in [3.63, 3.8) is 0 Å². The highest BCUT2D eigenvalue weighted by Gasteiger charge is 2.10. The molecule has 4 heteroatoms. The third-order valence-corrected chi connectivity index (χ3v) is 2.71. The normalized spacial score (nSPS) is 10.3.